The molecule has 1 atom stereocenters. The van der Waals surface area contributed by atoms with E-state index in [2.05, 4.69) is 40.3 Å². The molecule has 2 aromatic heterocycles. The zero-order chi connectivity index (χ0) is 21.8. The van der Waals surface area contributed by atoms with Gasteiger partial charge in [0.2, 0.25) is 5.95 Å². The van der Waals surface area contributed by atoms with E-state index < -0.39 is 0 Å². The molecule has 0 saturated carbocycles. The summed E-state index contributed by atoms with van der Waals surface area (Å²) in [5.41, 5.74) is 0. The number of thiocarbonyl (C=S) groups is 1. The quantitative estimate of drug-likeness (QED) is 0.663. The van der Waals surface area contributed by atoms with Crippen molar-refractivity contribution >= 4 is 34.9 Å². The Morgan fingerprint density at radius 1 is 1.06 bits per heavy atom. The number of aromatic nitrogens is 2. The molecule has 2 aliphatic rings. The molecule has 2 aliphatic heterocycles. The number of nitrogens with one attached hydrogen (secondary N) is 2. The second kappa shape index (κ2) is 9.85. The molecule has 2 N–H and O–H groups in total. The zero-order valence-electron chi connectivity index (χ0n) is 18.9. The Hall–Kier alpha value is -2.35. The van der Waals surface area contributed by atoms with Crippen molar-refractivity contribution in [3.8, 4) is 0 Å². The average Bonchev–Trinajstić information content (AvgIpc) is 3.18. The van der Waals surface area contributed by atoms with E-state index in [1.54, 1.807) is 0 Å². The van der Waals surface area contributed by atoms with Gasteiger partial charge in [0, 0.05) is 32.2 Å². The minimum atomic E-state index is 0.497. The molecule has 2 aromatic rings. The fourth-order valence-electron chi connectivity index (χ4n) is 4.33. The van der Waals surface area contributed by atoms with Gasteiger partial charge >= 0.3 is 0 Å². The molecule has 0 amide bonds. The molecule has 8 heteroatoms. The Bertz CT molecular complexity index is 892. The Morgan fingerprint density at radius 2 is 1.81 bits per heavy atom. The first-order valence-corrected chi connectivity index (χ1v) is 11.9. The van der Waals surface area contributed by atoms with Gasteiger partial charge in [0.05, 0.1) is 6.54 Å². The summed E-state index contributed by atoms with van der Waals surface area (Å²) < 4.78 is 5.61. The predicted octanol–water partition coefficient (Wildman–Crippen LogP) is 4.34. The van der Waals surface area contributed by atoms with E-state index in [1.807, 2.05) is 19.1 Å². The molecule has 168 valence electrons. The van der Waals surface area contributed by atoms with Gasteiger partial charge in [0.25, 0.3) is 0 Å². The maximum atomic E-state index is 5.61. The van der Waals surface area contributed by atoms with Crippen molar-refractivity contribution in [2.75, 3.05) is 41.3 Å². The first-order chi connectivity index (χ1) is 15.0. The number of aryl methyl sites for hydroxylation is 1. The van der Waals surface area contributed by atoms with E-state index in [1.165, 1.54) is 25.7 Å². The number of piperidine rings is 2. The van der Waals surface area contributed by atoms with E-state index in [9.17, 15) is 0 Å². The van der Waals surface area contributed by atoms with Crippen molar-refractivity contribution in [3.63, 3.8) is 0 Å². The summed E-state index contributed by atoms with van der Waals surface area (Å²) in [4.78, 5) is 14.4. The van der Waals surface area contributed by atoms with Crippen LogP contribution in [0.2, 0.25) is 0 Å². The van der Waals surface area contributed by atoms with Gasteiger partial charge in [-0.05, 0) is 68.8 Å². The Balaban J connectivity index is 1.49. The molecule has 0 bridgehead atoms. The Kier molecular flexibility index (Phi) is 6.95. The van der Waals surface area contributed by atoms with Crippen molar-refractivity contribution in [1.29, 1.82) is 0 Å². The van der Waals surface area contributed by atoms with Gasteiger partial charge in [-0.1, -0.05) is 13.8 Å². The highest BCUT2D eigenvalue weighted by Crippen LogP contribution is 2.28. The van der Waals surface area contributed by atoms with Crippen LogP contribution in [0.1, 0.15) is 51.1 Å². The molecule has 31 heavy (non-hydrogen) atoms. The van der Waals surface area contributed by atoms with Gasteiger partial charge in [-0.25, -0.2) is 0 Å². The summed E-state index contributed by atoms with van der Waals surface area (Å²) in [6.07, 6.45) is 4.88. The lowest BCUT2D eigenvalue weighted by molar-refractivity contribution is 0.435. The van der Waals surface area contributed by atoms with Gasteiger partial charge in [-0.3, -0.25) is 0 Å². The molecular formula is C23H34N6OS. The van der Waals surface area contributed by atoms with Crippen LogP contribution in [0.5, 0.6) is 0 Å². The van der Waals surface area contributed by atoms with Gasteiger partial charge < -0.3 is 24.9 Å². The normalized spacial score (nSPS) is 20.0. The highest BCUT2D eigenvalue weighted by molar-refractivity contribution is 7.80. The Labute approximate surface area is 190 Å². The van der Waals surface area contributed by atoms with Crippen LogP contribution in [0.25, 0.3) is 0 Å². The number of hydrogen-bond donors (Lipinski definition) is 2. The standard InChI is InChI=1S/C23H34N6OS/c1-16-8-11-28(12-9-16)20-13-21(29-10-4-5-17(2)15-29)26-22(25-20)27-23(31)24-14-19-7-6-18(3)30-19/h6-7,13,16-17H,4-5,8-12,14-15H2,1-3H3,(H2,24,25,26,27,31)/t17-/m0/s1. The first kappa shape index (κ1) is 21.9. The minimum absolute atomic E-state index is 0.497. The molecule has 0 unspecified atom stereocenters. The fourth-order valence-corrected chi connectivity index (χ4v) is 4.49. The van der Waals surface area contributed by atoms with Crippen molar-refractivity contribution in [3.05, 3.63) is 29.7 Å². The molecule has 2 fully saturated rings. The fraction of sp³-hybridized carbons (Fsp3) is 0.609. The van der Waals surface area contributed by atoms with E-state index >= 15 is 0 Å². The summed E-state index contributed by atoms with van der Waals surface area (Å²) in [6.45, 7) is 11.3. The van der Waals surface area contributed by atoms with Crippen LogP contribution in [0, 0.1) is 18.8 Å². The summed E-state index contributed by atoms with van der Waals surface area (Å²) in [5.74, 6) is 5.73. The second-order valence-corrected chi connectivity index (χ2v) is 9.50. The summed E-state index contributed by atoms with van der Waals surface area (Å²) >= 11 is 5.50. The smallest absolute Gasteiger partial charge is 0.232 e. The van der Waals surface area contributed by atoms with Crippen LogP contribution in [-0.4, -0.2) is 41.3 Å². The van der Waals surface area contributed by atoms with Crippen LogP contribution in [0.15, 0.2) is 22.6 Å². The topological polar surface area (TPSA) is 69.5 Å². The molecule has 0 spiro atoms. The summed E-state index contributed by atoms with van der Waals surface area (Å²) in [6, 6.07) is 6.06. The summed E-state index contributed by atoms with van der Waals surface area (Å²) in [7, 11) is 0. The number of nitrogens with zero attached hydrogens (tertiary/aromatic N) is 4. The van der Waals surface area contributed by atoms with Crippen molar-refractivity contribution in [2.45, 2.75) is 53.0 Å². The summed E-state index contributed by atoms with van der Waals surface area (Å²) in [5, 5.41) is 6.89. The molecule has 0 aliphatic carbocycles. The lowest BCUT2D eigenvalue weighted by Crippen LogP contribution is -2.37. The van der Waals surface area contributed by atoms with Crippen molar-refractivity contribution in [1.82, 2.24) is 15.3 Å². The van der Waals surface area contributed by atoms with Gasteiger partial charge in [-0.15, -0.1) is 0 Å². The largest absolute Gasteiger partial charge is 0.465 e. The van der Waals surface area contributed by atoms with Crippen molar-refractivity contribution < 1.29 is 4.42 Å². The van der Waals surface area contributed by atoms with E-state index in [0.717, 1.165) is 55.3 Å². The maximum Gasteiger partial charge on any atom is 0.232 e. The number of rotatable bonds is 5. The van der Waals surface area contributed by atoms with Gasteiger partial charge in [-0.2, -0.15) is 9.97 Å². The SMILES string of the molecule is Cc1ccc(CNC(=S)Nc2nc(N3CCC(C)CC3)cc(N3CCC[C@H](C)C3)n2)o1. The van der Waals surface area contributed by atoms with E-state index in [-0.39, 0.29) is 0 Å². The van der Waals surface area contributed by atoms with E-state index in [4.69, 9.17) is 26.6 Å². The molecule has 2 saturated heterocycles. The third-order valence-corrected chi connectivity index (χ3v) is 6.48. The number of furan rings is 1. The first-order valence-electron chi connectivity index (χ1n) is 11.5. The van der Waals surface area contributed by atoms with Crippen LogP contribution in [0.4, 0.5) is 17.6 Å². The monoisotopic (exact) mass is 442 g/mol. The second-order valence-electron chi connectivity index (χ2n) is 9.09. The van der Waals surface area contributed by atoms with Crippen LogP contribution in [0.3, 0.4) is 0 Å². The molecule has 0 radical (unpaired) electrons. The lowest BCUT2D eigenvalue weighted by Gasteiger charge is -2.34. The lowest BCUT2D eigenvalue weighted by atomic mass is 9.99. The molecule has 0 aromatic carbocycles. The molecule has 4 heterocycles. The van der Waals surface area contributed by atoms with Crippen LogP contribution < -0.4 is 20.4 Å². The van der Waals surface area contributed by atoms with Crippen molar-refractivity contribution in [2.24, 2.45) is 11.8 Å². The zero-order valence-corrected chi connectivity index (χ0v) is 19.7. The molecular weight excluding hydrogens is 408 g/mol. The number of anilines is 3. The third kappa shape index (κ3) is 5.87. The van der Waals surface area contributed by atoms with Gasteiger partial charge in [0.1, 0.15) is 23.2 Å². The van der Waals surface area contributed by atoms with Crippen LogP contribution in [-0.2, 0) is 6.54 Å². The average molecular weight is 443 g/mol. The van der Waals surface area contributed by atoms with E-state index in [0.29, 0.717) is 23.5 Å². The highest BCUT2D eigenvalue weighted by atomic mass is 32.1. The van der Waals surface area contributed by atoms with Crippen LogP contribution >= 0.6 is 12.2 Å². The molecule has 4 rings (SSSR count). The predicted molar refractivity (Wildman–Crippen MR) is 130 cm³/mol. The number of hydrogen-bond acceptors (Lipinski definition) is 6. The van der Waals surface area contributed by atoms with Gasteiger partial charge in [0.15, 0.2) is 5.11 Å². The highest BCUT2D eigenvalue weighted by Gasteiger charge is 2.22. The Morgan fingerprint density at radius 3 is 2.48 bits per heavy atom. The minimum Gasteiger partial charge on any atom is -0.465 e. The maximum absolute atomic E-state index is 5.61. The molecule has 7 nitrogen and oxygen atoms in total. The third-order valence-electron chi connectivity index (χ3n) is 6.23.